The predicted molar refractivity (Wildman–Crippen MR) is 57.0 cm³/mol. The van der Waals surface area contributed by atoms with Gasteiger partial charge in [0.15, 0.2) is 0 Å². The van der Waals surface area contributed by atoms with Gasteiger partial charge in [-0.3, -0.25) is 0 Å². The van der Waals surface area contributed by atoms with Crippen molar-refractivity contribution in [1.29, 1.82) is 0 Å². The minimum Gasteiger partial charge on any atom is -0.300 e. The molecule has 13 heavy (non-hydrogen) atoms. The first-order valence-corrected chi connectivity index (χ1v) is 4.44. The standard InChI is InChI=1S/C9H12.C3H6O/c1-7-4-5-8(2)9(3)6-7;1-3(2)4/h4-6H,1-3H3;1-2H3. The lowest BCUT2D eigenvalue weighted by atomic mass is 10.1. The molecule has 0 N–H and O–H groups in total. The van der Waals surface area contributed by atoms with Gasteiger partial charge in [-0.1, -0.05) is 23.8 Å². The molecule has 0 unspecified atom stereocenters. The highest BCUT2D eigenvalue weighted by Crippen LogP contribution is 2.07. The molecule has 1 nitrogen and oxygen atoms in total. The van der Waals surface area contributed by atoms with Gasteiger partial charge in [0.2, 0.25) is 0 Å². The third-order valence-electron chi connectivity index (χ3n) is 1.66. The summed E-state index contributed by atoms with van der Waals surface area (Å²) in [6, 6.07) is 6.50. The lowest BCUT2D eigenvalue weighted by Crippen LogP contribution is -1.79. The Morgan fingerprint density at radius 3 is 1.77 bits per heavy atom. The number of benzene rings is 1. The third kappa shape index (κ3) is 6.09. The van der Waals surface area contributed by atoms with Crippen molar-refractivity contribution in [1.82, 2.24) is 0 Å². The van der Waals surface area contributed by atoms with E-state index in [0.29, 0.717) is 0 Å². The first kappa shape index (κ1) is 11.9. The van der Waals surface area contributed by atoms with Crippen LogP contribution in [0.1, 0.15) is 30.5 Å². The topological polar surface area (TPSA) is 17.1 Å². The van der Waals surface area contributed by atoms with Crippen LogP contribution in [0.4, 0.5) is 0 Å². The molecule has 0 fully saturated rings. The van der Waals surface area contributed by atoms with E-state index >= 15 is 0 Å². The zero-order valence-corrected chi connectivity index (χ0v) is 9.14. The molecule has 72 valence electrons. The van der Waals surface area contributed by atoms with Crippen LogP contribution in [0.15, 0.2) is 18.2 Å². The van der Waals surface area contributed by atoms with Crippen LogP contribution < -0.4 is 0 Å². The third-order valence-corrected chi connectivity index (χ3v) is 1.66. The summed E-state index contributed by atoms with van der Waals surface area (Å²) >= 11 is 0. The zero-order chi connectivity index (χ0) is 10.4. The highest BCUT2D eigenvalue weighted by atomic mass is 16.1. The van der Waals surface area contributed by atoms with Gasteiger partial charge in [-0.25, -0.2) is 0 Å². The summed E-state index contributed by atoms with van der Waals surface area (Å²) in [6.07, 6.45) is 0. The lowest BCUT2D eigenvalue weighted by molar-refractivity contribution is -0.114. The molecule has 0 amide bonds. The second kappa shape index (κ2) is 5.52. The molecule has 0 heterocycles. The van der Waals surface area contributed by atoms with Crippen molar-refractivity contribution in [2.75, 3.05) is 0 Å². The van der Waals surface area contributed by atoms with Gasteiger partial charge < -0.3 is 4.79 Å². The average Bonchev–Trinajstić information content (AvgIpc) is 1.96. The number of aryl methyl sites for hydroxylation is 3. The number of carbonyl (C=O) groups is 1. The molecular formula is C12H18O. The second-order valence-electron chi connectivity index (χ2n) is 3.50. The summed E-state index contributed by atoms with van der Waals surface area (Å²) in [7, 11) is 0. The second-order valence-corrected chi connectivity index (χ2v) is 3.50. The van der Waals surface area contributed by atoms with Gasteiger partial charge in [0.25, 0.3) is 0 Å². The van der Waals surface area contributed by atoms with Crippen LogP contribution in [0.2, 0.25) is 0 Å². The van der Waals surface area contributed by atoms with Crippen LogP contribution in [0.25, 0.3) is 0 Å². The highest BCUT2D eigenvalue weighted by Gasteiger charge is 1.89. The Morgan fingerprint density at radius 1 is 1.00 bits per heavy atom. The normalized spacial score (nSPS) is 8.69. The number of carbonyl (C=O) groups excluding carboxylic acids is 1. The van der Waals surface area contributed by atoms with Crippen LogP contribution in [-0.4, -0.2) is 5.78 Å². The maximum absolute atomic E-state index is 9.44. The van der Waals surface area contributed by atoms with Crippen LogP contribution in [0.5, 0.6) is 0 Å². The van der Waals surface area contributed by atoms with Gasteiger partial charge in [-0.2, -0.15) is 0 Å². The molecule has 1 aromatic rings. The lowest BCUT2D eigenvalue weighted by Gasteiger charge is -1.98. The summed E-state index contributed by atoms with van der Waals surface area (Å²) in [5, 5.41) is 0. The maximum atomic E-state index is 9.44. The van der Waals surface area contributed by atoms with E-state index in [1.165, 1.54) is 30.5 Å². The summed E-state index contributed by atoms with van der Waals surface area (Å²) < 4.78 is 0. The van der Waals surface area contributed by atoms with Gasteiger partial charge in [-0.05, 0) is 45.7 Å². The van der Waals surface area contributed by atoms with Crippen LogP contribution in [0, 0.1) is 20.8 Å². The van der Waals surface area contributed by atoms with Gasteiger partial charge in [-0.15, -0.1) is 0 Å². The fraction of sp³-hybridized carbons (Fsp3) is 0.417. The molecule has 0 atom stereocenters. The fourth-order valence-electron chi connectivity index (χ4n) is 0.891. The summed E-state index contributed by atoms with van der Waals surface area (Å²) in [5.41, 5.74) is 4.11. The number of hydrogen-bond acceptors (Lipinski definition) is 1. The Bertz CT molecular complexity index is 283. The highest BCUT2D eigenvalue weighted by molar-refractivity contribution is 5.72. The van der Waals surface area contributed by atoms with Gasteiger partial charge in [0.1, 0.15) is 5.78 Å². The molecule has 0 saturated carbocycles. The Labute approximate surface area is 80.8 Å². The minimum absolute atomic E-state index is 0.167. The van der Waals surface area contributed by atoms with Crippen molar-refractivity contribution >= 4 is 5.78 Å². The van der Waals surface area contributed by atoms with Crippen molar-refractivity contribution < 1.29 is 4.79 Å². The summed E-state index contributed by atoms with van der Waals surface area (Å²) in [6.45, 7) is 9.45. The number of rotatable bonds is 0. The first-order chi connectivity index (χ1) is 5.93. The van der Waals surface area contributed by atoms with E-state index in [9.17, 15) is 4.79 Å². The van der Waals surface area contributed by atoms with Crippen molar-refractivity contribution in [3.8, 4) is 0 Å². The van der Waals surface area contributed by atoms with E-state index in [4.69, 9.17) is 0 Å². The molecular weight excluding hydrogens is 160 g/mol. The number of hydrogen-bond donors (Lipinski definition) is 0. The smallest absolute Gasteiger partial charge is 0.126 e. The molecule has 0 aliphatic carbocycles. The van der Waals surface area contributed by atoms with E-state index < -0.39 is 0 Å². The zero-order valence-electron chi connectivity index (χ0n) is 9.14. The minimum atomic E-state index is 0.167. The Hall–Kier alpha value is -1.11. The molecule has 0 saturated heterocycles. The molecule has 0 bridgehead atoms. The van der Waals surface area contributed by atoms with Crippen molar-refractivity contribution in [2.45, 2.75) is 34.6 Å². The van der Waals surface area contributed by atoms with Gasteiger partial charge in [0.05, 0.1) is 0 Å². The van der Waals surface area contributed by atoms with E-state index in [0.717, 1.165) is 0 Å². The quantitative estimate of drug-likeness (QED) is 0.596. The summed E-state index contributed by atoms with van der Waals surface area (Å²) in [4.78, 5) is 9.44. The van der Waals surface area contributed by atoms with E-state index in [1.807, 2.05) is 0 Å². The molecule has 0 aromatic heterocycles. The Balaban J connectivity index is 0.000000310. The predicted octanol–water partition coefficient (Wildman–Crippen LogP) is 3.21. The molecule has 1 rings (SSSR count). The summed E-state index contributed by atoms with van der Waals surface area (Å²) in [5.74, 6) is 0.167. The van der Waals surface area contributed by atoms with E-state index in [2.05, 4.69) is 39.0 Å². The van der Waals surface area contributed by atoms with E-state index in [-0.39, 0.29) is 5.78 Å². The monoisotopic (exact) mass is 178 g/mol. The van der Waals surface area contributed by atoms with Crippen LogP contribution >= 0.6 is 0 Å². The molecule has 1 aromatic carbocycles. The van der Waals surface area contributed by atoms with Crippen molar-refractivity contribution in [3.05, 3.63) is 34.9 Å². The first-order valence-electron chi connectivity index (χ1n) is 4.44. The number of ketones is 1. The Kier molecular flexibility index (Phi) is 5.05. The SMILES string of the molecule is CC(C)=O.Cc1ccc(C)c(C)c1. The van der Waals surface area contributed by atoms with Crippen LogP contribution in [0.3, 0.4) is 0 Å². The maximum Gasteiger partial charge on any atom is 0.126 e. The molecule has 1 heteroatoms. The molecule has 0 aliphatic rings. The average molecular weight is 178 g/mol. The molecule has 0 spiro atoms. The Morgan fingerprint density at radius 2 is 1.46 bits per heavy atom. The van der Waals surface area contributed by atoms with Gasteiger partial charge >= 0.3 is 0 Å². The molecule has 0 aliphatic heterocycles. The largest absolute Gasteiger partial charge is 0.300 e. The molecule has 0 radical (unpaired) electrons. The van der Waals surface area contributed by atoms with Crippen molar-refractivity contribution in [3.63, 3.8) is 0 Å². The van der Waals surface area contributed by atoms with Crippen LogP contribution in [-0.2, 0) is 4.79 Å². The fourth-order valence-corrected chi connectivity index (χ4v) is 0.891. The van der Waals surface area contributed by atoms with E-state index in [1.54, 1.807) is 0 Å². The van der Waals surface area contributed by atoms with Gasteiger partial charge in [0, 0.05) is 0 Å². The number of Topliss-reactive ketones (excluding diaryl/α,β-unsaturated/α-hetero) is 1. The van der Waals surface area contributed by atoms with Crippen molar-refractivity contribution in [2.24, 2.45) is 0 Å².